The van der Waals surface area contributed by atoms with Gasteiger partial charge in [-0.15, -0.1) is 0 Å². The predicted molar refractivity (Wildman–Crippen MR) is 240 cm³/mol. The molecular formula is C51H78P2. The van der Waals surface area contributed by atoms with Crippen LogP contribution < -0.4 is 0 Å². The first kappa shape index (κ1) is 37.6. The van der Waals surface area contributed by atoms with E-state index in [4.69, 9.17) is 0 Å². The van der Waals surface area contributed by atoms with Crippen molar-refractivity contribution in [3.8, 4) is 0 Å². The Morgan fingerprint density at radius 1 is 0.340 bits per heavy atom. The Balaban J connectivity index is 1.46. The third-order valence-corrected chi connectivity index (χ3v) is 35.9. The Morgan fingerprint density at radius 3 is 0.981 bits per heavy atom. The molecule has 0 amide bonds. The van der Waals surface area contributed by atoms with Gasteiger partial charge in [0.1, 0.15) is 0 Å². The van der Waals surface area contributed by atoms with Crippen LogP contribution in [0.25, 0.3) is 5.57 Å². The van der Waals surface area contributed by atoms with E-state index in [0.717, 1.165) is 34.0 Å². The molecule has 0 unspecified atom stereocenters. The minimum absolute atomic E-state index is 0.389. The van der Waals surface area contributed by atoms with Crippen molar-refractivity contribution in [3.05, 3.63) is 77.4 Å². The molecule has 6 fully saturated rings. The summed E-state index contributed by atoms with van der Waals surface area (Å²) < 4.78 is 0. The van der Waals surface area contributed by atoms with Gasteiger partial charge in [-0.3, -0.25) is 0 Å². The second kappa shape index (κ2) is 16.9. The van der Waals surface area contributed by atoms with Gasteiger partial charge in [0, 0.05) is 0 Å². The maximum atomic E-state index is 3.39. The van der Waals surface area contributed by atoms with Crippen molar-refractivity contribution in [3.63, 3.8) is 0 Å². The fraction of sp³-hybridized carbons (Fsp3) is 0.725. The summed E-state index contributed by atoms with van der Waals surface area (Å²) >= 11 is 0. The van der Waals surface area contributed by atoms with E-state index in [1.165, 1.54) is 116 Å². The third kappa shape index (κ3) is 6.35. The fourth-order valence-electron chi connectivity index (χ4n) is 16.8. The van der Waals surface area contributed by atoms with Crippen LogP contribution in [-0.2, 0) is 4.90 Å². The van der Waals surface area contributed by atoms with Gasteiger partial charge in [-0.1, -0.05) is 0 Å². The Morgan fingerprint density at radius 2 is 0.642 bits per heavy atom. The molecule has 0 bridgehead atoms. The summed E-state index contributed by atoms with van der Waals surface area (Å²) in [6, 6.07) is 22.8. The monoisotopic (exact) mass is 753 g/mol. The van der Waals surface area contributed by atoms with Crippen LogP contribution in [0.2, 0.25) is 0 Å². The summed E-state index contributed by atoms with van der Waals surface area (Å²) in [7, 11) is -4.28. The van der Waals surface area contributed by atoms with E-state index >= 15 is 0 Å². The average molecular weight is 753 g/mol. The normalized spacial score (nSPS) is 29.1. The zero-order chi connectivity index (χ0) is 35.6. The Kier molecular flexibility index (Phi) is 12.0. The molecule has 7 aliphatic carbocycles. The minimum atomic E-state index is -2.14. The molecule has 0 N–H and O–H groups in total. The van der Waals surface area contributed by atoms with Gasteiger partial charge < -0.3 is 0 Å². The summed E-state index contributed by atoms with van der Waals surface area (Å²) in [6.07, 6.45) is 50.1. The van der Waals surface area contributed by atoms with Crippen molar-refractivity contribution < 1.29 is 0 Å². The van der Waals surface area contributed by atoms with E-state index in [0.29, 0.717) is 4.90 Å². The van der Waals surface area contributed by atoms with Gasteiger partial charge in [0.25, 0.3) is 0 Å². The van der Waals surface area contributed by atoms with Gasteiger partial charge in [-0.2, -0.15) is 0 Å². The number of fused-ring (bicyclic) bond motifs is 1. The van der Waals surface area contributed by atoms with Crippen LogP contribution in [0.3, 0.4) is 0 Å². The first-order valence-corrected chi connectivity index (χ1v) is 28.7. The molecule has 2 heteroatoms. The molecular weight excluding hydrogens is 675 g/mol. The number of hydrogen-bond acceptors (Lipinski definition) is 0. The van der Waals surface area contributed by atoms with Gasteiger partial charge in [0.15, 0.2) is 0 Å². The average Bonchev–Trinajstić information content (AvgIpc) is 3.60. The van der Waals surface area contributed by atoms with Crippen molar-refractivity contribution in [2.75, 3.05) is 0 Å². The van der Waals surface area contributed by atoms with E-state index in [2.05, 4.69) is 60.7 Å². The molecule has 53 heavy (non-hydrogen) atoms. The molecule has 6 saturated carbocycles. The molecule has 0 atom stereocenters. The fourth-order valence-corrected chi connectivity index (χ4v) is 41.7. The van der Waals surface area contributed by atoms with Crippen LogP contribution in [0.15, 0.2) is 60.7 Å². The molecule has 0 spiro atoms. The topological polar surface area (TPSA) is 0 Å². The van der Waals surface area contributed by atoms with Gasteiger partial charge in [0.2, 0.25) is 0 Å². The molecule has 0 saturated heterocycles. The quantitative estimate of drug-likeness (QED) is 0.224. The molecule has 9 rings (SSSR count). The zero-order valence-corrected chi connectivity index (χ0v) is 36.0. The number of benzene rings is 2. The Bertz CT molecular complexity index is 1330. The SMILES string of the molecule is C1=C(c2ccccc2)c2ccccc2C1([PH](C1CCCCC1)(C1CCCCC1)C1CCCCC1)[PH](C1CCCCC1)(C1CCCCC1)C1CCCCC1. The first-order valence-electron chi connectivity index (χ1n) is 24.2. The summed E-state index contributed by atoms with van der Waals surface area (Å²) in [5.41, 5.74) is 13.3. The van der Waals surface area contributed by atoms with Crippen LogP contribution in [0.1, 0.15) is 209 Å². The van der Waals surface area contributed by atoms with Crippen molar-refractivity contribution >= 4 is 20.1 Å². The standard InChI is InChI=1S/C51H78P2/c1-8-24-41(25-9-1)49-40-51(50-39-23-22-38-48(49)50,52(42-26-10-2-11-27-42,43-28-12-3-13-29-43)44-30-14-4-15-31-44)53(45-32-16-5-17-33-45,46-34-18-6-19-35-46)47-36-20-7-21-37-47/h1,8-9,22-25,38-40,42-47,52-53H,2-7,10-21,26-37H2. The van der Waals surface area contributed by atoms with Crippen LogP contribution in [-0.4, -0.2) is 34.0 Å². The van der Waals surface area contributed by atoms with E-state index in [9.17, 15) is 0 Å². The van der Waals surface area contributed by atoms with E-state index in [1.54, 1.807) is 93.7 Å². The first-order chi connectivity index (χ1) is 26.3. The molecule has 0 radical (unpaired) electrons. The van der Waals surface area contributed by atoms with Gasteiger partial charge in [-0.05, 0) is 0 Å². The molecule has 292 valence electrons. The number of allylic oxidation sites excluding steroid dienone is 1. The summed E-state index contributed by atoms with van der Waals surface area (Å²) in [4.78, 5) is 0.389. The maximum absolute atomic E-state index is 3.39. The zero-order valence-electron chi connectivity index (χ0n) is 34.0. The van der Waals surface area contributed by atoms with Gasteiger partial charge in [0.05, 0.1) is 0 Å². The summed E-state index contributed by atoms with van der Waals surface area (Å²) in [6.45, 7) is 0. The van der Waals surface area contributed by atoms with Crippen molar-refractivity contribution in [1.29, 1.82) is 0 Å². The molecule has 0 aliphatic heterocycles. The molecule has 2 aromatic rings. The Labute approximate surface area is 327 Å². The molecule has 0 nitrogen and oxygen atoms in total. The summed E-state index contributed by atoms with van der Waals surface area (Å²) in [5, 5.41) is 0. The van der Waals surface area contributed by atoms with Crippen molar-refractivity contribution in [2.24, 2.45) is 0 Å². The molecule has 0 aromatic heterocycles. The number of hydrogen-bond donors (Lipinski definition) is 0. The number of rotatable bonds is 9. The van der Waals surface area contributed by atoms with Gasteiger partial charge >= 0.3 is 329 Å². The molecule has 2 aromatic carbocycles. The second-order valence-corrected chi connectivity index (χ2v) is 30.9. The van der Waals surface area contributed by atoms with Gasteiger partial charge in [-0.25, -0.2) is 0 Å². The van der Waals surface area contributed by atoms with Crippen molar-refractivity contribution in [1.82, 2.24) is 0 Å². The van der Waals surface area contributed by atoms with E-state index < -0.39 is 14.5 Å². The summed E-state index contributed by atoms with van der Waals surface area (Å²) in [5.74, 6) is 0. The molecule has 7 aliphatic rings. The second-order valence-electron chi connectivity index (χ2n) is 20.2. The van der Waals surface area contributed by atoms with Crippen LogP contribution in [0.4, 0.5) is 0 Å². The third-order valence-electron chi connectivity index (χ3n) is 18.1. The predicted octanol–water partition coefficient (Wildman–Crippen LogP) is 15.8. The molecule has 0 heterocycles. The van der Waals surface area contributed by atoms with Crippen LogP contribution >= 0.6 is 14.5 Å². The van der Waals surface area contributed by atoms with Crippen LogP contribution in [0, 0.1) is 0 Å². The Hall–Kier alpha value is -0.960. The van der Waals surface area contributed by atoms with E-state index in [-0.39, 0.29) is 0 Å². The van der Waals surface area contributed by atoms with Crippen LogP contribution in [0.5, 0.6) is 0 Å². The van der Waals surface area contributed by atoms with E-state index in [1.807, 2.05) is 5.56 Å². The van der Waals surface area contributed by atoms with Crippen molar-refractivity contribution in [2.45, 2.75) is 231 Å².